The van der Waals surface area contributed by atoms with Gasteiger partial charge in [0.15, 0.2) is 0 Å². The van der Waals surface area contributed by atoms with Gasteiger partial charge >= 0.3 is 15.9 Å². The molecule has 0 spiro atoms. The summed E-state index contributed by atoms with van der Waals surface area (Å²) in [6, 6.07) is 0. The van der Waals surface area contributed by atoms with Crippen LogP contribution < -0.4 is 0 Å². The van der Waals surface area contributed by atoms with Gasteiger partial charge in [0, 0.05) is 26.2 Å². The zero-order chi connectivity index (χ0) is 2.71. The normalized spacial score (nSPS) is 3.50. The summed E-state index contributed by atoms with van der Waals surface area (Å²) in [6.07, 6.45) is 0. The van der Waals surface area contributed by atoms with E-state index in [2.05, 4.69) is 0 Å². The van der Waals surface area contributed by atoms with Crippen molar-refractivity contribution in [3.8, 4) is 0 Å². The van der Waals surface area contributed by atoms with Crippen LogP contribution in [-0.2, 0) is 26.2 Å². The van der Waals surface area contributed by atoms with Gasteiger partial charge in [0.25, 0.3) is 0 Å². The standard InChI is InChI=1S/Al.2H2O.Zr/h;2*1H2;/q+2;;;/p-2. The monoisotopic (exact) mass is 151 g/mol. The second-order valence-electron chi connectivity index (χ2n) is 0.115. The summed E-state index contributed by atoms with van der Waals surface area (Å²) >= 11 is -1.25. The molecule has 0 bridgehead atoms. The fraction of sp³-hybridized carbons (Fsp3) is 0. The van der Waals surface area contributed by atoms with Gasteiger partial charge in [-0.3, -0.25) is 0 Å². The Morgan fingerprint density at radius 1 is 1.25 bits per heavy atom. The minimum absolute atomic E-state index is 0. The third-order valence-electron chi connectivity index (χ3n) is 0. The van der Waals surface area contributed by atoms with Crippen LogP contribution in [0.25, 0.3) is 0 Å². The van der Waals surface area contributed by atoms with Crippen molar-refractivity contribution in [2.24, 2.45) is 0 Å². The SMILES string of the molecule is [OH][Al][OH].[Zr]. The van der Waals surface area contributed by atoms with E-state index in [0.29, 0.717) is 0 Å². The first-order chi connectivity index (χ1) is 1.41. The van der Waals surface area contributed by atoms with E-state index in [0.717, 1.165) is 0 Å². The van der Waals surface area contributed by atoms with Gasteiger partial charge in [0.05, 0.1) is 0 Å². The summed E-state index contributed by atoms with van der Waals surface area (Å²) in [4.78, 5) is 0. The second-order valence-corrected chi connectivity index (χ2v) is 0.346. The van der Waals surface area contributed by atoms with Crippen LogP contribution in [0.3, 0.4) is 0 Å². The molecular formula is H2AlO2Zr. The van der Waals surface area contributed by atoms with Crippen molar-refractivity contribution < 1.29 is 34.5 Å². The van der Waals surface area contributed by atoms with E-state index >= 15 is 0 Å². The van der Waals surface area contributed by atoms with Gasteiger partial charge in [0.1, 0.15) is 0 Å². The molecule has 21 valence electrons. The van der Waals surface area contributed by atoms with Crippen LogP contribution in [-0.4, -0.2) is 24.2 Å². The van der Waals surface area contributed by atoms with E-state index < -0.39 is 15.9 Å². The Bertz CT molecular complexity index is 6.00. The molecule has 0 saturated heterocycles. The average molecular weight is 152 g/mol. The number of hydrogen-bond donors (Lipinski definition) is 2. The topological polar surface area (TPSA) is 40.5 Å². The van der Waals surface area contributed by atoms with Crippen molar-refractivity contribution in [3.63, 3.8) is 0 Å². The molecule has 0 aromatic rings. The first kappa shape index (κ1) is 9.01. The molecule has 0 saturated carbocycles. The van der Waals surface area contributed by atoms with Crippen molar-refractivity contribution in [3.05, 3.63) is 0 Å². The summed E-state index contributed by atoms with van der Waals surface area (Å²) in [7, 11) is 0. The molecule has 0 aromatic carbocycles. The van der Waals surface area contributed by atoms with E-state index in [-0.39, 0.29) is 26.2 Å². The van der Waals surface area contributed by atoms with Gasteiger partial charge < -0.3 is 8.32 Å². The maximum absolute atomic E-state index is 7.21. The molecule has 0 atom stereocenters. The van der Waals surface area contributed by atoms with E-state index in [9.17, 15) is 0 Å². The minimum atomic E-state index is -1.25. The zero-order valence-corrected chi connectivity index (χ0v) is 5.58. The number of rotatable bonds is 0. The molecule has 0 aromatic heterocycles. The van der Waals surface area contributed by atoms with Crippen molar-refractivity contribution in [2.45, 2.75) is 0 Å². The Morgan fingerprint density at radius 2 is 1.25 bits per heavy atom. The van der Waals surface area contributed by atoms with Crippen LogP contribution >= 0.6 is 0 Å². The van der Waals surface area contributed by atoms with Crippen LogP contribution in [0.1, 0.15) is 0 Å². The molecule has 0 heterocycles. The summed E-state index contributed by atoms with van der Waals surface area (Å²) < 4.78 is 14.4. The molecular weight excluding hydrogens is 150 g/mol. The molecule has 0 fully saturated rings. The molecule has 0 aliphatic carbocycles. The third-order valence-corrected chi connectivity index (χ3v) is 0. The Hall–Kier alpha value is 1.34. The zero-order valence-electron chi connectivity index (χ0n) is 1.97. The van der Waals surface area contributed by atoms with Crippen molar-refractivity contribution in [1.29, 1.82) is 0 Å². The van der Waals surface area contributed by atoms with E-state index in [1.165, 1.54) is 0 Å². The quantitative estimate of drug-likeness (QED) is 0.415. The Balaban J connectivity index is 0. The molecule has 2 nitrogen and oxygen atoms in total. The molecule has 4 heteroatoms. The maximum Gasteiger partial charge on any atom is 0.662 e. The summed E-state index contributed by atoms with van der Waals surface area (Å²) in [5.74, 6) is 0. The molecule has 1 radical (unpaired) electrons. The van der Waals surface area contributed by atoms with Crippen LogP contribution in [0.15, 0.2) is 0 Å². The van der Waals surface area contributed by atoms with E-state index in [4.69, 9.17) is 8.32 Å². The van der Waals surface area contributed by atoms with Gasteiger partial charge in [0.2, 0.25) is 0 Å². The van der Waals surface area contributed by atoms with Crippen LogP contribution in [0.5, 0.6) is 0 Å². The fourth-order valence-electron chi connectivity index (χ4n) is 0. The Morgan fingerprint density at radius 3 is 1.25 bits per heavy atom. The van der Waals surface area contributed by atoms with Crippen molar-refractivity contribution in [2.75, 3.05) is 0 Å². The molecule has 4 heavy (non-hydrogen) atoms. The molecule has 0 rings (SSSR count). The van der Waals surface area contributed by atoms with Crippen LogP contribution in [0.4, 0.5) is 0 Å². The fourth-order valence-corrected chi connectivity index (χ4v) is 0. The van der Waals surface area contributed by atoms with Gasteiger partial charge in [-0.05, 0) is 0 Å². The molecule has 2 N–H and O–H groups in total. The third kappa shape index (κ3) is 10.2. The van der Waals surface area contributed by atoms with Gasteiger partial charge in [-0.2, -0.15) is 0 Å². The Labute approximate surface area is 50.3 Å². The van der Waals surface area contributed by atoms with E-state index in [1.807, 2.05) is 0 Å². The summed E-state index contributed by atoms with van der Waals surface area (Å²) in [5.41, 5.74) is 0. The van der Waals surface area contributed by atoms with Gasteiger partial charge in [-0.1, -0.05) is 0 Å². The van der Waals surface area contributed by atoms with E-state index in [1.54, 1.807) is 0 Å². The first-order valence-electron chi connectivity index (χ1n) is 0.516. The predicted octanol–water partition coefficient (Wildman–Crippen LogP) is -1.50. The smallest absolute Gasteiger partial charge is 0.499 e. The Kier molecular flexibility index (Phi) is 19.9. The molecule has 0 aliphatic rings. The molecule has 0 amide bonds. The second kappa shape index (κ2) is 8.84. The maximum atomic E-state index is 7.21. The average Bonchev–Trinajstić information content (AvgIpc) is 0.918. The van der Waals surface area contributed by atoms with Crippen LogP contribution in [0.2, 0.25) is 0 Å². The number of hydrogen-bond acceptors (Lipinski definition) is 2. The van der Waals surface area contributed by atoms with Crippen molar-refractivity contribution >= 4 is 15.9 Å². The van der Waals surface area contributed by atoms with Crippen LogP contribution in [0, 0.1) is 0 Å². The predicted molar refractivity (Wildman–Crippen MR) is 10.2 cm³/mol. The van der Waals surface area contributed by atoms with Crippen molar-refractivity contribution in [1.82, 2.24) is 0 Å². The van der Waals surface area contributed by atoms with Gasteiger partial charge in [-0.15, -0.1) is 0 Å². The summed E-state index contributed by atoms with van der Waals surface area (Å²) in [5, 5.41) is 0. The summed E-state index contributed by atoms with van der Waals surface area (Å²) in [6.45, 7) is 0. The minimum Gasteiger partial charge on any atom is -0.499 e. The molecule has 0 aliphatic heterocycles. The largest absolute Gasteiger partial charge is 0.662 e. The van der Waals surface area contributed by atoms with Gasteiger partial charge in [-0.25, -0.2) is 0 Å². The molecule has 0 unspecified atom stereocenters. The first-order valence-corrected chi connectivity index (χ1v) is 1.55.